The Bertz CT molecular complexity index is 799. The number of rotatable bonds is 4. The van der Waals surface area contributed by atoms with Crippen molar-refractivity contribution in [3.63, 3.8) is 0 Å². The Morgan fingerprint density at radius 3 is 2.77 bits per heavy atom. The molecule has 138 valence electrons. The summed E-state index contributed by atoms with van der Waals surface area (Å²) >= 11 is 1.49. The molecule has 0 aliphatic carbocycles. The number of nitrogens with one attached hydrogen (secondary N) is 1. The molecule has 1 amide bonds. The monoisotopic (exact) mass is 373 g/mol. The molecule has 0 atom stereocenters. The van der Waals surface area contributed by atoms with Crippen LogP contribution >= 0.6 is 11.3 Å². The molecule has 0 spiro atoms. The van der Waals surface area contributed by atoms with E-state index in [-0.39, 0.29) is 5.91 Å². The quantitative estimate of drug-likeness (QED) is 0.889. The van der Waals surface area contributed by atoms with Crippen LogP contribution in [0.25, 0.3) is 0 Å². The smallest absolute Gasteiger partial charge is 0.267 e. The number of ether oxygens (including phenoxy) is 2. The second kappa shape index (κ2) is 7.63. The number of nitrogens with zero attached hydrogens (tertiary/aromatic N) is 2. The number of carbonyl (C=O) groups is 1. The lowest BCUT2D eigenvalue weighted by Crippen LogP contribution is -2.28. The van der Waals surface area contributed by atoms with E-state index >= 15 is 0 Å². The highest BCUT2D eigenvalue weighted by Gasteiger charge is 2.19. The van der Waals surface area contributed by atoms with Crippen molar-refractivity contribution in [2.45, 2.75) is 32.7 Å². The number of hydrogen-bond acceptors (Lipinski definition) is 6. The first kappa shape index (κ1) is 17.3. The summed E-state index contributed by atoms with van der Waals surface area (Å²) in [5.74, 6) is 1.26. The maximum Gasteiger partial charge on any atom is 0.267 e. The Labute approximate surface area is 157 Å². The van der Waals surface area contributed by atoms with Gasteiger partial charge in [-0.15, -0.1) is 11.3 Å². The number of benzene rings is 1. The summed E-state index contributed by atoms with van der Waals surface area (Å²) in [6, 6.07) is 5.46. The molecule has 4 rings (SSSR count). The minimum Gasteiger partial charge on any atom is -0.486 e. The Morgan fingerprint density at radius 2 is 1.96 bits per heavy atom. The van der Waals surface area contributed by atoms with Gasteiger partial charge in [-0.25, -0.2) is 4.98 Å². The van der Waals surface area contributed by atoms with E-state index in [0.29, 0.717) is 35.3 Å². The van der Waals surface area contributed by atoms with Crippen LogP contribution < -0.4 is 14.8 Å². The highest BCUT2D eigenvalue weighted by atomic mass is 32.1. The van der Waals surface area contributed by atoms with E-state index in [1.54, 1.807) is 6.07 Å². The van der Waals surface area contributed by atoms with Crippen molar-refractivity contribution in [2.24, 2.45) is 0 Å². The molecule has 26 heavy (non-hydrogen) atoms. The summed E-state index contributed by atoms with van der Waals surface area (Å²) in [5.41, 5.74) is 1.49. The average molecular weight is 373 g/mol. The lowest BCUT2D eigenvalue weighted by atomic mass is 10.1. The number of likely N-dealkylation sites (tertiary alicyclic amines) is 1. The van der Waals surface area contributed by atoms with Gasteiger partial charge in [0.1, 0.15) is 23.1 Å². The van der Waals surface area contributed by atoms with Crippen LogP contribution in [-0.4, -0.2) is 42.1 Å². The second-order valence-electron chi connectivity index (χ2n) is 6.67. The third kappa shape index (κ3) is 3.83. The number of piperidine rings is 1. The Hall–Kier alpha value is -2.12. The summed E-state index contributed by atoms with van der Waals surface area (Å²) < 4.78 is 11.1. The van der Waals surface area contributed by atoms with E-state index in [2.05, 4.69) is 15.2 Å². The summed E-state index contributed by atoms with van der Waals surface area (Å²) in [5, 5.41) is 3.96. The third-order valence-corrected chi connectivity index (χ3v) is 5.80. The molecule has 1 N–H and O–H groups in total. The molecule has 0 saturated carbocycles. The van der Waals surface area contributed by atoms with Crippen molar-refractivity contribution >= 4 is 22.9 Å². The molecule has 1 saturated heterocycles. The van der Waals surface area contributed by atoms with Gasteiger partial charge in [-0.2, -0.15) is 0 Å². The van der Waals surface area contributed by atoms with Gasteiger partial charge in [0.2, 0.25) is 0 Å². The van der Waals surface area contributed by atoms with Gasteiger partial charge in [-0.3, -0.25) is 9.69 Å². The molecule has 1 aromatic heterocycles. The molecule has 2 aromatic rings. The standard InChI is InChI=1S/C19H23N3O3S/c1-13-18(26-17(20-13)12-22-7-3-2-4-8-22)19(23)21-14-5-6-15-16(11-14)25-10-9-24-15/h5-6,11H,2-4,7-10,12H2,1H3,(H,21,23). The molecule has 3 heterocycles. The Balaban J connectivity index is 1.44. The van der Waals surface area contributed by atoms with Gasteiger partial charge < -0.3 is 14.8 Å². The predicted molar refractivity (Wildman–Crippen MR) is 101 cm³/mol. The van der Waals surface area contributed by atoms with Gasteiger partial charge in [-0.1, -0.05) is 6.42 Å². The number of hydrogen-bond donors (Lipinski definition) is 1. The van der Waals surface area contributed by atoms with Gasteiger partial charge >= 0.3 is 0 Å². The van der Waals surface area contributed by atoms with Crippen molar-refractivity contribution in [3.8, 4) is 11.5 Å². The van der Waals surface area contributed by atoms with Gasteiger partial charge in [-0.05, 0) is 45.0 Å². The molecular formula is C19H23N3O3S. The van der Waals surface area contributed by atoms with Crippen LogP contribution in [0.15, 0.2) is 18.2 Å². The number of fused-ring (bicyclic) bond motifs is 1. The number of thiazole rings is 1. The SMILES string of the molecule is Cc1nc(CN2CCCCC2)sc1C(=O)Nc1ccc2c(c1)OCCO2. The summed E-state index contributed by atoms with van der Waals surface area (Å²) in [6.07, 6.45) is 3.82. The first-order chi connectivity index (χ1) is 12.7. The normalized spacial score (nSPS) is 17.1. The molecular weight excluding hydrogens is 350 g/mol. The van der Waals surface area contributed by atoms with E-state index in [9.17, 15) is 4.79 Å². The van der Waals surface area contributed by atoms with Crippen LogP contribution in [0.4, 0.5) is 5.69 Å². The fraction of sp³-hybridized carbons (Fsp3) is 0.474. The number of aromatic nitrogens is 1. The van der Waals surface area contributed by atoms with Crippen LogP contribution in [0.2, 0.25) is 0 Å². The molecule has 6 nitrogen and oxygen atoms in total. The molecule has 0 unspecified atom stereocenters. The second-order valence-corrected chi connectivity index (χ2v) is 7.76. The zero-order valence-corrected chi connectivity index (χ0v) is 15.7. The van der Waals surface area contributed by atoms with E-state index in [1.807, 2.05) is 19.1 Å². The molecule has 2 aliphatic rings. The van der Waals surface area contributed by atoms with Crippen LogP contribution in [0, 0.1) is 6.92 Å². The number of aryl methyl sites for hydroxylation is 1. The van der Waals surface area contributed by atoms with Crippen molar-refractivity contribution in [1.82, 2.24) is 9.88 Å². The minimum absolute atomic E-state index is 0.124. The Kier molecular flexibility index (Phi) is 5.08. The van der Waals surface area contributed by atoms with Gasteiger partial charge in [0.15, 0.2) is 11.5 Å². The summed E-state index contributed by atoms with van der Waals surface area (Å²) in [6.45, 7) is 6.06. The van der Waals surface area contributed by atoms with Crippen LogP contribution in [0.5, 0.6) is 11.5 Å². The van der Waals surface area contributed by atoms with Crippen molar-refractivity contribution in [3.05, 3.63) is 33.8 Å². The van der Waals surface area contributed by atoms with E-state index < -0.39 is 0 Å². The van der Waals surface area contributed by atoms with Crippen molar-refractivity contribution in [1.29, 1.82) is 0 Å². The largest absolute Gasteiger partial charge is 0.486 e. The zero-order valence-electron chi connectivity index (χ0n) is 14.9. The molecule has 0 bridgehead atoms. The first-order valence-corrected chi connectivity index (χ1v) is 9.90. The predicted octanol–water partition coefficient (Wildman–Crippen LogP) is 3.46. The maximum absolute atomic E-state index is 12.7. The number of carbonyl (C=O) groups excluding carboxylic acids is 1. The maximum atomic E-state index is 12.7. The topological polar surface area (TPSA) is 63.7 Å². The van der Waals surface area contributed by atoms with Crippen molar-refractivity contribution in [2.75, 3.05) is 31.6 Å². The first-order valence-electron chi connectivity index (χ1n) is 9.09. The van der Waals surface area contributed by atoms with Crippen LogP contribution in [0.3, 0.4) is 0 Å². The van der Waals surface area contributed by atoms with Crippen molar-refractivity contribution < 1.29 is 14.3 Å². The van der Waals surface area contributed by atoms with E-state index in [1.165, 1.54) is 30.6 Å². The van der Waals surface area contributed by atoms with Gasteiger partial charge in [0, 0.05) is 11.8 Å². The van der Waals surface area contributed by atoms with E-state index in [4.69, 9.17) is 9.47 Å². The fourth-order valence-corrected chi connectivity index (χ4v) is 4.35. The highest BCUT2D eigenvalue weighted by Crippen LogP contribution is 2.33. The zero-order chi connectivity index (χ0) is 17.9. The summed E-state index contributed by atoms with van der Waals surface area (Å²) in [4.78, 5) is 20.4. The molecule has 2 aliphatic heterocycles. The molecule has 1 fully saturated rings. The summed E-state index contributed by atoms with van der Waals surface area (Å²) in [7, 11) is 0. The third-order valence-electron chi connectivity index (χ3n) is 4.65. The number of anilines is 1. The van der Waals surface area contributed by atoms with Crippen LogP contribution in [0.1, 0.15) is 39.6 Å². The number of amides is 1. The highest BCUT2D eigenvalue weighted by molar-refractivity contribution is 7.13. The lowest BCUT2D eigenvalue weighted by molar-refractivity contribution is 0.102. The molecule has 0 radical (unpaired) electrons. The fourth-order valence-electron chi connectivity index (χ4n) is 3.35. The van der Waals surface area contributed by atoms with E-state index in [0.717, 1.165) is 30.3 Å². The van der Waals surface area contributed by atoms with Gasteiger partial charge in [0.05, 0.1) is 12.2 Å². The molecule has 1 aromatic carbocycles. The Morgan fingerprint density at radius 1 is 1.19 bits per heavy atom. The minimum atomic E-state index is -0.124. The van der Waals surface area contributed by atoms with Gasteiger partial charge in [0.25, 0.3) is 5.91 Å². The lowest BCUT2D eigenvalue weighted by Gasteiger charge is -2.25. The van der Waals surface area contributed by atoms with Crippen LogP contribution in [-0.2, 0) is 6.54 Å². The molecule has 7 heteroatoms. The average Bonchev–Trinajstić information content (AvgIpc) is 3.03.